The van der Waals surface area contributed by atoms with Gasteiger partial charge in [0.2, 0.25) is 11.8 Å². The van der Waals surface area contributed by atoms with E-state index >= 15 is 0 Å². The quantitative estimate of drug-likeness (QED) is 0.723. The summed E-state index contributed by atoms with van der Waals surface area (Å²) in [4.78, 5) is 35.7. The number of para-hydroxylation sites is 2. The molecule has 1 heterocycles. The van der Waals surface area contributed by atoms with E-state index in [0.29, 0.717) is 18.0 Å². The normalized spacial score (nSPS) is 17.3. The van der Waals surface area contributed by atoms with Gasteiger partial charge in [-0.25, -0.2) is 0 Å². The van der Waals surface area contributed by atoms with Gasteiger partial charge in [-0.15, -0.1) is 0 Å². The zero-order chi connectivity index (χ0) is 16.8. The van der Waals surface area contributed by atoms with Gasteiger partial charge in [-0.3, -0.25) is 14.4 Å². The summed E-state index contributed by atoms with van der Waals surface area (Å²) in [7, 11) is 0. The Bertz CT molecular complexity index is 603. The number of carbonyl (C=O) groups is 3. The van der Waals surface area contributed by atoms with Crippen molar-refractivity contribution < 1.29 is 19.1 Å². The summed E-state index contributed by atoms with van der Waals surface area (Å²) in [5.41, 5.74) is 0.585. The highest BCUT2D eigenvalue weighted by Gasteiger charge is 2.30. The van der Waals surface area contributed by atoms with Gasteiger partial charge in [-0.05, 0) is 25.5 Å². The molecule has 2 atom stereocenters. The Kier molecular flexibility index (Phi) is 5.56. The van der Waals surface area contributed by atoms with E-state index in [1.54, 1.807) is 31.2 Å². The maximum absolute atomic E-state index is 12.0. The highest BCUT2D eigenvalue weighted by atomic mass is 16.5. The van der Waals surface area contributed by atoms with Crippen LogP contribution in [0.1, 0.15) is 26.7 Å². The van der Waals surface area contributed by atoms with Crippen LogP contribution in [-0.2, 0) is 14.4 Å². The van der Waals surface area contributed by atoms with Crippen molar-refractivity contribution in [2.45, 2.75) is 38.8 Å². The fourth-order valence-corrected chi connectivity index (χ4v) is 2.16. The Morgan fingerprint density at radius 3 is 2.83 bits per heavy atom. The molecule has 7 nitrogen and oxygen atoms in total. The molecule has 1 aromatic carbocycles. The minimum absolute atomic E-state index is 0.147. The lowest BCUT2D eigenvalue weighted by atomic mass is 10.1. The number of benzene rings is 1. The van der Waals surface area contributed by atoms with Gasteiger partial charge in [0, 0.05) is 6.54 Å². The van der Waals surface area contributed by atoms with Crippen molar-refractivity contribution in [3.05, 3.63) is 24.3 Å². The number of nitrogens with one attached hydrogen (secondary N) is 3. The summed E-state index contributed by atoms with van der Waals surface area (Å²) in [6.07, 6.45) is -0.233. The summed E-state index contributed by atoms with van der Waals surface area (Å²) in [6.45, 7) is 4.10. The third-order valence-electron chi connectivity index (χ3n) is 3.40. The molecule has 0 radical (unpaired) electrons. The van der Waals surface area contributed by atoms with Crippen LogP contribution in [-0.4, -0.2) is 36.4 Å². The first-order chi connectivity index (χ1) is 11.0. The average molecular weight is 319 g/mol. The predicted octanol–water partition coefficient (Wildman–Crippen LogP) is 0.807. The Morgan fingerprint density at radius 1 is 1.35 bits per heavy atom. The van der Waals surface area contributed by atoms with E-state index in [2.05, 4.69) is 16.0 Å². The molecule has 0 unspecified atom stereocenters. The second-order valence-electron chi connectivity index (χ2n) is 5.38. The van der Waals surface area contributed by atoms with Crippen molar-refractivity contribution in [3.63, 3.8) is 0 Å². The molecule has 1 aliphatic heterocycles. The number of carbonyl (C=O) groups excluding carboxylic acids is 3. The van der Waals surface area contributed by atoms with Gasteiger partial charge in [0.05, 0.1) is 12.1 Å². The Morgan fingerprint density at radius 2 is 2.09 bits per heavy atom. The molecule has 0 spiro atoms. The van der Waals surface area contributed by atoms with Crippen LogP contribution in [0, 0.1) is 0 Å². The number of anilines is 1. The van der Waals surface area contributed by atoms with Crippen molar-refractivity contribution in [2.24, 2.45) is 0 Å². The molecule has 7 heteroatoms. The summed E-state index contributed by atoms with van der Waals surface area (Å²) in [5.74, 6) is -0.510. The Balaban J connectivity index is 1.88. The van der Waals surface area contributed by atoms with E-state index in [9.17, 15) is 14.4 Å². The summed E-state index contributed by atoms with van der Waals surface area (Å²) in [5, 5.41) is 7.96. The lowest BCUT2D eigenvalue weighted by molar-refractivity contribution is -0.132. The molecule has 124 valence electrons. The Labute approximate surface area is 134 Å². The number of amides is 3. The molecular weight excluding hydrogens is 298 g/mol. The number of ether oxygens (including phenoxy) is 1. The minimum Gasteiger partial charge on any atom is -0.478 e. The van der Waals surface area contributed by atoms with Crippen molar-refractivity contribution in [3.8, 4) is 5.75 Å². The molecule has 0 bridgehead atoms. The smallest absolute Gasteiger partial charge is 0.266 e. The van der Waals surface area contributed by atoms with E-state index in [4.69, 9.17) is 4.74 Å². The third kappa shape index (κ3) is 4.45. The van der Waals surface area contributed by atoms with Crippen molar-refractivity contribution in [2.75, 3.05) is 11.9 Å². The number of hydrogen-bond donors (Lipinski definition) is 3. The number of fused-ring (bicyclic) bond motifs is 1. The molecule has 0 aliphatic carbocycles. The van der Waals surface area contributed by atoms with E-state index < -0.39 is 18.1 Å². The summed E-state index contributed by atoms with van der Waals surface area (Å²) < 4.78 is 5.55. The van der Waals surface area contributed by atoms with Crippen molar-refractivity contribution in [1.29, 1.82) is 0 Å². The molecule has 0 saturated carbocycles. The fraction of sp³-hybridized carbons (Fsp3) is 0.438. The first-order valence-electron chi connectivity index (χ1n) is 7.65. The molecular formula is C16H21N3O4. The number of hydrogen-bond acceptors (Lipinski definition) is 4. The van der Waals surface area contributed by atoms with Crippen molar-refractivity contribution in [1.82, 2.24) is 10.6 Å². The van der Waals surface area contributed by atoms with Gasteiger partial charge in [0.15, 0.2) is 6.10 Å². The van der Waals surface area contributed by atoms with Crippen LogP contribution in [0.15, 0.2) is 24.3 Å². The lowest BCUT2D eigenvalue weighted by Crippen LogP contribution is -2.47. The molecule has 3 amide bonds. The van der Waals surface area contributed by atoms with E-state index in [1.807, 2.05) is 6.92 Å². The molecule has 2 rings (SSSR count). The van der Waals surface area contributed by atoms with Gasteiger partial charge in [-0.2, -0.15) is 0 Å². The first kappa shape index (κ1) is 16.8. The molecule has 0 fully saturated rings. The van der Waals surface area contributed by atoms with Crippen LogP contribution in [0.3, 0.4) is 0 Å². The zero-order valence-electron chi connectivity index (χ0n) is 13.2. The van der Waals surface area contributed by atoms with Crippen LogP contribution in [0.2, 0.25) is 0 Å². The molecule has 1 aliphatic rings. The molecule has 1 aromatic rings. The van der Waals surface area contributed by atoms with Crippen molar-refractivity contribution >= 4 is 23.4 Å². The third-order valence-corrected chi connectivity index (χ3v) is 3.40. The van der Waals surface area contributed by atoms with Crippen LogP contribution in [0.25, 0.3) is 0 Å². The highest BCUT2D eigenvalue weighted by Crippen LogP contribution is 2.29. The van der Waals surface area contributed by atoms with Gasteiger partial charge < -0.3 is 20.7 Å². The SMILES string of the molecule is CCCNC(=O)[C@@H](C)NC(=O)C[C@@H]1Oc2ccccc2NC1=O. The van der Waals surface area contributed by atoms with Crippen LogP contribution >= 0.6 is 0 Å². The molecule has 3 N–H and O–H groups in total. The first-order valence-corrected chi connectivity index (χ1v) is 7.65. The van der Waals surface area contributed by atoms with Gasteiger partial charge in [0.25, 0.3) is 5.91 Å². The minimum atomic E-state index is -0.907. The second-order valence-corrected chi connectivity index (χ2v) is 5.38. The van der Waals surface area contributed by atoms with Gasteiger partial charge in [-0.1, -0.05) is 19.1 Å². The molecule has 0 saturated heterocycles. The zero-order valence-corrected chi connectivity index (χ0v) is 13.2. The second kappa shape index (κ2) is 7.62. The maximum Gasteiger partial charge on any atom is 0.266 e. The summed E-state index contributed by atoms with van der Waals surface area (Å²) >= 11 is 0. The summed E-state index contributed by atoms with van der Waals surface area (Å²) in [6, 6.07) is 6.36. The predicted molar refractivity (Wildman–Crippen MR) is 85.0 cm³/mol. The highest BCUT2D eigenvalue weighted by molar-refractivity contribution is 6.00. The average Bonchev–Trinajstić information content (AvgIpc) is 2.53. The molecule has 23 heavy (non-hydrogen) atoms. The maximum atomic E-state index is 12.0. The number of rotatable bonds is 6. The standard InChI is InChI=1S/C16H21N3O4/c1-3-8-17-15(21)10(2)18-14(20)9-13-16(22)19-11-6-4-5-7-12(11)23-13/h4-7,10,13H,3,8-9H2,1-2H3,(H,17,21)(H,18,20)(H,19,22)/t10-,13+/m1/s1. The van der Waals surface area contributed by atoms with E-state index in [0.717, 1.165) is 6.42 Å². The topological polar surface area (TPSA) is 96.5 Å². The van der Waals surface area contributed by atoms with E-state index in [-0.39, 0.29) is 18.2 Å². The fourth-order valence-electron chi connectivity index (χ4n) is 2.16. The molecule has 0 aromatic heterocycles. The van der Waals surface area contributed by atoms with Crippen LogP contribution < -0.4 is 20.7 Å². The largest absolute Gasteiger partial charge is 0.478 e. The van der Waals surface area contributed by atoms with Crippen LogP contribution in [0.5, 0.6) is 5.75 Å². The van der Waals surface area contributed by atoms with Crippen LogP contribution in [0.4, 0.5) is 5.69 Å². The monoisotopic (exact) mass is 319 g/mol. The van der Waals surface area contributed by atoms with Gasteiger partial charge in [0.1, 0.15) is 11.8 Å². The van der Waals surface area contributed by atoms with Gasteiger partial charge >= 0.3 is 0 Å². The lowest BCUT2D eigenvalue weighted by Gasteiger charge is -2.25. The van der Waals surface area contributed by atoms with E-state index in [1.165, 1.54) is 0 Å². The Hall–Kier alpha value is -2.57.